The number of hydrogen-bond donors (Lipinski definition) is 2. The van der Waals surface area contributed by atoms with Crippen LogP contribution in [0, 0.1) is 0 Å². The van der Waals surface area contributed by atoms with E-state index in [0.717, 1.165) is 46.8 Å². The summed E-state index contributed by atoms with van der Waals surface area (Å²) in [6.45, 7) is 2.16. The number of aryl methyl sites for hydroxylation is 1. The van der Waals surface area contributed by atoms with E-state index in [4.69, 9.17) is 10.7 Å². The van der Waals surface area contributed by atoms with Crippen LogP contribution in [0.15, 0.2) is 77.5 Å². The molecule has 0 radical (unpaired) electrons. The SMILES string of the molecule is CN=C(C1=C(N)CCc2cnc(Nc3ccccc3)nc21)C(C)c1ccccc1. The Balaban J connectivity index is 1.74. The first-order chi connectivity index (χ1) is 14.2. The summed E-state index contributed by atoms with van der Waals surface area (Å²) in [5.74, 6) is 0.672. The predicted molar refractivity (Wildman–Crippen MR) is 119 cm³/mol. The minimum atomic E-state index is 0.112. The maximum Gasteiger partial charge on any atom is 0.227 e. The normalized spacial score (nSPS) is 15.0. The van der Waals surface area contributed by atoms with Crippen molar-refractivity contribution in [2.45, 2.75) is 25.7 Å². The fraction of sp³-hybridized carbons (Fsp3) is 0.208. The summed E-state index contributed by atoms with van der Waals surface area (Å²) < 4.78 is 0. The lowest BCUT2D eigenvalue weighted by Crippen LogP contribution is -2.22. The van der Waals surface area contributed by atoms with Gasteiger partial charge in [0.1, 0.15) is 0 Å². The smallest absolute Gasteiger partial charge is 0.227 e. The standard InChI is InChI=1S/C24H25N5/c1-16(17-9-5-3-6-10-17)22(26-2)21-20(25)14-13-18-15-27-24(29-23(18)21)28-19-11-7-4-8-12-19/h3-12,15-16H,13-14,25H2,1-2H3,(H,27,28,29). The number of rotatable bonds is 5. The van der Waals surface area contributed by atoms with Gasteiger partial charge in [0.15, 0.2) is 0 Å². The van der Waals surface area contributed by atoms with Gasteiger partial charge in [0.05, 0.1) is 11.4 Å². The average Bonchev–Trinajstić information content (AvgIpc) is 2.77. The number of nitrogens with two attached hydrogens (primary N) is 1. The highest BCUT2D eigenvalue weighted by molar-refractivity contribution is 6.27. The molecule has 5 nitrogen and oxygen atoms in total. The van der Waals surface area contributed by atoms with E-state index in [1.54, 1.807) is 0 Å². The van der Waals surface area contributed by atoms with Crippen LogP contribution in [0.3, 0.4) is 0 Å². The highest BCUT2D eigenvalue weighted by atomic mass is 15.1. The molecule has 5 heteroatoms. The summed E-state index contributed by atoms with van der Waals surface area (Å²) in [4.78, 5) is 14.0. The number of aromatic nitrogens is 2. The molecule has 1 aliphatic rings. The van der Waals surface area contributed by atoms with E-state index in [9.17, 15) is 0 Å². The fourth-order valence-electron chi connectivity index (χ4n) is 3.77. The third kappa shape index (κ3) is 3.90. The number of fused-ring (bicyclic) bond motifs is 1. The van der Waals surface area contributed by atoms with Crippen LogP contribution >= 0.6 is 0 Å². The zero-order valence-electron chi connectivity index (χ0n) is 16.8. The number of anilines is 2. The van der Waals surface area contributed by atoms with Crippen molar-refractivity contribution >= 4 is 22.9 Å². The highest BCUT2D eigenvalue weighted by Crippen LogP contribution is 2.34. The summed E-state index contributed by atoms with van der Waals surface area (Å²) in [7, 11) is 1.83. The largest absolute Gasteiger partial charge is 0.401 e. The Morgan fingerprint density at radius 3 is 2.41 bits per heavy atom. The van der Waals surface area contributed by atoms with Crippen molar-refractivity contribution in [3.63, 3.8) is 0 Å². The van der Waals surface area contributed by atoms with E-state index in [-0.39, 0.29) is 5.92 Å². The maximum atomic E-state index is 6.51. The molecule has 0 amide bonds. The van der Waals surface area contributed by atoms with Gasteiger partial charge in [-0.1, -0.05) is 55.5 Å². The second kappa shape index (κ2) is 8.27. The Morgan fingerprint density at radius 2 is 1.72 bits per heavy atom. The van der Waals surface area contributed by atoms with Crippen LogP contribution < -0.4 is 11.1 Å². The molecule has 3 N–H and O–H groups in total. The van der Waals surface area contributed by atoms with Gasteiger partial charge in [-0.3, -0.25) is 4.99 Å². The highest BCUT2D eigenvalue weighted by Gasteiger charge is 2.27. The van der Waals surface area contributed by atoms with Crippen LogP contribution in [0.1, 0.15) is 36.1 Å². The lowest BCUT2D eigenvalue weighted by atomic mass is 9.84. The van der Waals surface area contributed by atoms with Crippen molar-refractivity contribution < 1.29 is 0 Å². The quantitative estimate of drug-likeness (QED) is 0.626. The van der Waals surface area contributed by atoms with Crippen molar-refractivity contribution in [1.29, 1.82) is 0 Å². The first kappa shape index (κ1) is 18.9. The van der Waals surface area contributed by atoms with Crippen molar-refractivity contribution in [2.24, 2.45) is 10.7 Å². The Kier molecular flexibility index (Phi) is 5.38. The number of benzene rings is 2. The molecule has 1 unspecified atom stereocenters. The lowest BCUT2D eigenvalue weighted by Gasteiger charge is -2.25. The maximum absolute atomic E-state index is 6.51. The van der Waals surface area contributed by atoms with Gasteiger partial charge in [0, 0.05) is 36.1 Å². The molecule has 0 fully saturated rings. The van der Waals surface area contributed by atoms with E-state index in [0.29, 0.717) is 5.95 Å². The summed E-state index contributed by atoms with van der Waals surface area (Å²) in [6, 6.07) is 20.3. The molecule has 1 atom stereocenters. The Labute approximate surface area is 171 Å². The van der Waals surface area contributed by atoms with Gasteiger partial charge >= 0.3 is 0 Å². The molecule has 146 valence electrons. The topological polar surface area (TPSA) is 76.2 Å². The van der Waals surface area contributed by atoms with Crippen LogP contribution in [0.25, 0.3) is 5.57 Å². The molecular weight excluding hydrogens is 358 g/mol. The van der Waals surface area contributed by atoms with Crippen molar-refractivity contribution in [2.75, 3.05) is 12.4 Å². The number of hydrogen-bond acceptors (Lipinski definition) is 5. The number of allylic oxidation sites excluding steroid dienone is 2. The molecule has 29 heavy (non-hydrogen) atoms. The van der Waals surface area contributed by atoms with Crippen molar-refractivity contribution in [3.05, 3.63) is 89.4 Å². The minimum absolute atomic E-state index is 0.112. The van der Waals surface area contributed by atoms with Gasteiger partial charge < -0.3 is 11.1 Å². The lowest BCUT2D eigenvalue weighted by molar-refractivity contribution is 0.876. The van der Waals surface area contributed by atoms with Crippen molar-refractivity contribution in [1.82, 2.24) is 9.97 Å². The van der Waals surface area contributed by atoms with Crippen LogP contribution in [-0.4, -0.2) is 22.7 Å². The monoisotopic (exact) mass is 383 g/mol. The molecule has 0 aliphatic heterocycles. The van der Waals surface area contributed by atoms with Gasteiger partial charge in [0.25, 0.3) is 0 Å². The molecule has 1 heterocycles. The van der Waals surface area contributed by atoms with Gasteiger partial charge in [-0.2, -0.15) is 0 Å². The van der Waals surface area contributed by atoms with Gasteiger partial charge in [0.2, 0.25) is 5.95 Å². The molecule has 0 saturated carbocycles. The first-order valence-corrected chi connectivity index (χ1v) is 9.86. The second-order valence-electron chi connectivity index (χ2n) is 7.20. The van der Waals surface area contributed by atoms with E-state index < -0.39 is 0 Å². The van der Waals surface area contributed by atoms with Gasteiger partial charge in [-0.25, -0.2) is 9.97 Å². The molecule has 1 aromatic heterocycles. The van der Waals surface area contributed by atoms with Gasteiger partial charge in [-0.05, 0) is 36.1 Å². The molecule has 4 rings (SSSR count). The second-order valence-corrected chi connectivity index (χ2v) is 7.20. The molecule has 0 saturated heterocycles. The third-order valence-electron chi connectivity index (χ3n) is 5.32. The Bertz CT molecular complexity index is 1060. The first-order valence-electron chi connectivity index (χ1n) is 9.86. The molecule has 0 bridgehead atoms. The van der Waals surface area contributed by atoms with E-state index in [1.165, 1.54) is 5.56 Å². The van der Waals surface area contributed by atoms with Crippen LogP contribution in [0.2, 0.25) is 0 Å². The number of nitrogens with zero attached hydrogens (tertiary/aromatic N) is 3. The van der Waals surface area contributed by atoms with Gasteiger partial charge in [-0.15, -0.1) is 0 Å². The Hall–Kier alpha value is -3.47. The predicted octanol–water partition coefficient (Wildman–Crippen LogP) is 4.71. The average molecular weight is 383 g/mol. The van der Waals surface area contributed by atoms with E-state index in [1.807, 2.05) is 49.6 Å². The minimum Gasteiger partial charge on any atom is -0.401 e. The van der Waals surface area contributed by atoms with E-state index >= 15 is 0 Å². The van der Waals surface area contributed by atoms with Crippen molar-refractivity contribution in [3.8, 4) is 0 Å². The summed E-state index contributed by atoms with van der Waals surface area (Å²) >= 11 is 0. The number of para-hydroxylation sites is 1. The fourth-order valence-corrected chi connectivity index (χ4v) is 3.77. The van der Waals surface area contributed by atoms with Crippen LogP contribution in [0.4, 0.5) is 11.6 Å². The molecule has 2 aromatic carbocycles. The summed E-state index contributed by atoms with van der Waals surface area (Å²) in [5.41, 5.74) is 13.4. The third-order valence-corrected chi connectivity index (χ3v) is 5.32. The Morgan fingerprint density at radius 1 is 1.03 bits per heavy atom. The zero-order chi connectivity index (χ0) is 20.2. The molecule has 1 aliphatic carbocycles. The molecular formula is C24H25N5. The molecule has 3 aromatic rings. The summed E-state index contributed by atoms with van der Waals surface area (Å²) in [5, 5.41) is 3.28. The molecule has 0 spiro atoms. The number of nitrogens with one attached hydrogen (secondary N) is 1. The van der Waals surface area contributed by atoms with E-state index in [2.05, 4.69) is 46.5 Å². The number of aliphatic imine (C=N–C) groups is 1. The zero-order valence-corrected chi connectivity index (χ0v) is 16.8. The van der Waals surface area contributed by atoms with Crippen LogP contribution in [-0.2, 0) is 6.42 Å². The summed E-state index contributed by atoms with van der Waals surface area (Å²) in [6.07, 6.45) is 3.53. The van der Waals surface area contributed by atoms with Crippen LogP contribution in [0.5, 0.6) is 0 Å².